The predicted octanol–water partition coefficient (Wildman–Crippen LogP) is 3.30. The Balaban J connectivity index is 1.65. The number of carbonyl (C=O) groups excluding carboxylic acids is 2. The Morgan fingerprint density at radius 2 is 2.18 bits per heavy atom. The molecule has 1 amide bonds. The van der Waals surface area contributed by atoms with Crippen molar-refractivity contribution in [3.8, 4) is 5.75 Å². The van der Waals surface area contributed by atoms with Gasteiger partial charge in [0, 0.05) is 11.4 Å². The van der Waals surface area contributed by atoms with Crippen molar-refractivity contribution in [1.82, 2.24) is 4.90 Å². The Morgan fingerprint density at radius 1 is 1.32 bits per heavy atom. The van der Waals surface area contributed by atoms with E-state index in [9.17, 15) is 9.59 Å². The summed E-state index contributed by atoms with van der Waals surface area (Å²) in [5.74, 6) is 0.425. The Hall–Kier alpha value is -2.14. The van der Waals surface area contributed by atoms with Crippen molar-refractivity contribution in [3.05, 3.63) is 52.2 Å². The average molecular weight is 315 g/mol. The minimum Gasteiger partial charge on any atom is -0.483 e. The number of benzene rings is 1. The first-order valence-electron chi connectivity index (χ1n) is 7.29. The van der Waals surface area contributed by atoms with Gasteiger partial charge in [-0.3, -0.25) is 9.59 Å². The summed E-state index contributed by atoms with van der Waals surface area (Å²) in [6.07, 6.45) is 2.75. The molecule has 0 saturated carbocycles. The molecule has 3 rings (SSSR count). The van der Waals surface area contributed by atoms with E-state index in [1.807, 2.05) is 16.3 Å². The smallest absolute Gasteiger partial charge is 0.261 e. The SMILES string of the molecule is O=Cc1ccccc1OCC(=O)N1CCCC1c1cccs1. The molecule has 1 aliphatic rings. The van der Waals surface area contributed by atoms with Crippen LogP contribution in [0.3, 0.4) is 0 Å². The van der Waals surface area contributed by atoms with E-state index in [2.05, 4.69) is 6.07 Å². The molecule has 0 bridgehead atoms. The largest absolute Gasteiger partial charge is 0.483 e. The third-order valence-corrected chi connectivity index (χ3v) is 4.82. The predicted molar refractivity (Wildman–Crippen MR) is 85.3 cm³/mol. The van der Waals surface area contributed by atoms with Crippen LogP contribution in [0.5, 0.6) is 5.75 Å². The molecule has 5 heteroatoms. The molecular weight excluding hydrogens is 298 g/mol. The molecular formula is C17H17NO3S. The van der Waals surface area contributed by atoms with Crippen molar-refractivity contribution in [2.45, 2.75) is 18.9 Å². The van der Waals surface area contributed by atoms with Gasteiger partial charge < -0.3 is 9.64 Å². The van der Waals surface area contributed by atoms with Gasteiger partial charge in [-0.25, -0.2) is 0 Å². The number of likely N-dealkylation sites (tertiary alicyclic amines) is 1. The molecule has 2 aromatic rings. The van der Waals surface area contributed by atoms with Gasteiger partial charge in [0.2, 0.25) is 0 Å². The molecule has 1 fully saturated rings. The van der Waals surface area contributed by atoms with E-state index >= 15 is 0 Å². The van der Waals surface area contributed by atoms with Crippen LogP contribution < -0.4 is 4.74 Å². The summed E-state index contributed by atoms with van der Waals surface area (Å²) in [7, 11) is 0. The molecule has 1 aliphatic heterocycles. The van der Waals surface area contributed by atoms with Gasteiger partial charge in [-0.1, -0.05) is 18.2 Å². The van der Waals surface area contributed by atoms with E-state index in [4.69, 9.17) is 4.74 Å². The number of nitrogens with zero attached hydrogens (tertiary/aromatic N) is 1. The monoisotopic (exact) mass is 315 g/mol. The van der Waals surface area contributed by atoms with E-state index < -0.39 is 0 Å². The van der Waals surface area contributed by atoms with Crippen molar-refractivity contribution in [2.75, 3.05) is 13.2 Å². The molecule has 1 saturated heterocycles. The first-order chi connectivity index (χ1) is 10.8. The molecule has 0 radical (unpaired) electrons. The van der Waals surface area contributed by atoms with E-state index in [0.29, 0.717) is 11.3 Å². The summed E-state index contributed by atoms with van der Waals surface area (Å²) in [6.45, 7) is 0.729. The zero-order valence-electron chi connectivity index (χ0n) is 12.1. The van der Waals surface area contributed by atoms with Gasteiger partial charge in [-0.05, 0) is 36.4 Å². The summed E-state index contributed by atoms with van der Waals surface area (Å²) in [4.78, 5) is 26.5. The fourth-order valence-electron chi connectivity index (χ4n) is 2.77. The van der Waals surface area contributed by atoms with E-state index in [1.54, 1.807) is 35.6 Å². The highest BCUT2D eigenvalue weighted by molar-refractivity contribution is 7.10. The van der Waals surface area contributed by atoms with Gasteiger partial charge in [0.25, 0.3) is 5.91 Å². The maximum atomic E-state index is 12.4. The van der Waals surface area contributed by atoms with Crippen molar-refractivity contribution < 1.29 is 14.3 Å². The van der Waals surface area contributed by atoms with Crippen molar-refractivity contribution in [3.63, 3.8) is 0 Å². The molecule has 4 nitrogen and oxygen atoms in total. The number of hydrogen-bond acceptors (Lipinski definition) is 4. The van der Waals surface area contributed by atoms with Crippen molar-refractivity contribution >= 4 is 23.5 Å². The Morgan fingerprint density at radius 3 is 2.95 bits per heavy atom. The molecule has 0 N–H and O–H groups in total. The third-order valence-electron chi connectivity index (χ3n) is 3.84. The van der Waals surface area contributed by atoms with Gasteiger partial charge in [-0.2, -0.15) is 0 Å². The maximum Gasteiger partial charge on any atom is 0.261 e. The summed E-state index contributed by atoms with van der Waals surface area (Å²) >= 11 is 1.68. The zero-order chi connectivity index (χ0) is 15.4. The second kappa shape index (κ2) is 6.75. The maximum absolute atomic E-state index is 12.4. The summed E-state index contributed by atoms with van der Waals surface area (Å²) in [5.41, 5.74) is 0.464. The van der Waals surface area contributed by atoms with Gasteiger partial charge in [0.05, 0.1) is 11.6 Å². The fraction of sp³-hybridized carbons (Fsp3) is 0.294. The van der Waals surface area contributed by atoms with Gasteiger partial charge >= 0.3 is 0 Å². The molecule has 1 atom stereocenters. The molecule has 0 aliphatic carbocycles. The van der Waals surface area contributed by atoms with Crippen LogP contribution in [0.15, 0.2) is 41.8 Å². The number of aldehydes is 1. The van der Waals surface area contributed by atoms with Crippen LogP contribution in [0.25, 0.3) is 0 Å². The average Bonchev–Trinajstić information content (AvgIpc) is 3.23. The second-order valence-corrected chi connectivity index (χ2v) is 6.18. The third kappa shape index (κ3) is 3.04. The topological polar surface area (TPSA) is 46.6 Å². The van der Waals surface area contributed by atoms with Gasteiger partial charge in [-0.15, -0.1) is 11.3 Å². The first-order valence-corrected chi connectivity index (χ1v) is 8.17. The lowest BCUT2D eigenvalue weighted by molar-refractivity contribution is -0.134. The highest BCUT2D eigenvalue weighted by Gasteiger charge is 2.30. The van der Waals surface area contributed by atoms with Crippen LogP contribution in [0.4, 0.5) is 0 Å². The van der Waals surface area contributed by atoms with Crippen LogP contribution in [0.2, 0.25) is 0 Å². The highest BCUT2D eigenvalue weighted by atomic mass is 32.1. The molecule has 1 aromatic carbocycles. The highest BCUT2D eigenvalue weighted by Crippen LogP contribution is 2.34. The fourth-order valence-corrected chi connectivity index (χ4v) is 3.65. The summed E-state index contributed by atoms with van der Waals surface area (Å²) < 4.78 is 5.55. The van der Waals surface area contributed by atoms with E-state index in [-0.39, 0.29) is 18.6 Å². The number of carbonyl (C=O) groups is 2. The Labute approximate surface area is 133 Å². The van der Waals surface area contributed by atoms with E-state index in [0.717, 1.165) is 25.7 Å². The number of rotatable bonds is 5. The number of ether oxygens (including phenoxy) is 1. The minimum atomic E-state index is -0.0350. The number of amides is 1. The second-order valence-electron chi connectivity index (χ2n) is 5.20. The lowest BCUT2D eigenvalue weighted by Crippen LogP contribution is -2.34. The first kappa shape index (κ1) is 14.8. The number of hydrogen-bond donors (Lipinski definition) is 0. The molecule has 114 valence electrons. The summed E-state index contributed by atoms with van der Waals surface area (Å²) in [5, 5.41) is 2.03. The number of thiophene rings is 1. The van der Waals surface area contributed by atoms with Crippen LogP contribution in [-0.2, 0) is 4.79 Å². The normalized spacial score (nSPS) is 17.5. The molecule has 2 heterocycles. The van der Waals surface area contributed by atoms with Crippen molar-refractivity contribution in [2.24, 2.45) is 0 Å². The van der Waals surface area contributed by atoms with Crippen molar-refractivity contribution in [1.29, 1.82) is 0 Å². The number of para-hydroxylation sites is 1. The summed E-state index contributed by atoms with van der Waals surface area (Å²) in [6, 6.07) is 11.2. The Kier molecular flexibility index (Phi) is 4.53. The zero-order valence-corrected chi connectivity index (χ0v) is 12.9. The molecule has 0 spiro atoms. The standard InChI is InChI=1S/C17H17NO3S/c19-11-13-5-1-2-7-15(13)21-12-17(20)18-9-3-6-14(18)16-8-4-10-22-16/h1-2,4-5,7-8,10-11,14H,3,6,9,12H2. The minimum absolute atomic E-state index is 0.0309. The quantitative estimate of drug-likeness (QED) is 0.795. The van der Waals surface area contributed by atoms with E-state index in [1.165, 1.54) is 4.88 Å². The molecule has 1 aromatic heterocycles. The lowest BCUT2D eigenvalue weighted by atomic mass is 10.2. The molecule has 1 unspecified atom stereocenters. The van der Waals surface area contributed by atoms with Crippen LogP contribution in [0, 0.1) is 0 Å². The van der Waals surface area contributed by atoms with Crippen LogP contribution in [-0.4, -0.2) is 30.2 Å². The lowest BCUT2D eigenvalue weighted by Gasteiger charge is -2.24. The Bertz CT molecular complexity index is 654. The van der Waals surface area contributed by atoms with Gasteiger partial charge in [0.1, 0.15) is 5.75 Å². The van der Waals surface area contributed by atoms with Crippen LogP contribution in [0.1, 0.15) is 34.1 Å². The van der Waals surface area contributed by atoms with Gasteiger partial charge in [0.15, 0.2) is 12.9 Å². The molecule has 22 heavy (non-hydrogen) atoms. The van der Waals surface area contributed by atoms with Crippen LogP contribution >= 0.6 is 11.3 Å².